The molecule has 27 heavy (non-hydrogen) atoms. The predicted octanol–water partition coefficient (Wildman–Crippen LogP) is 3.23. The highest BCUT2D eigenvalue weighted by molar-refractivity contribution is 4.92. The fourth-order valence-electron chi connectivity index (χ4n) is 5.22. The van der Waals surface area contributed by atoms with E-state index in [9.17, 15) is 0 Å². The molecule has 0 saturated carbocycles. The minimum absolute atomic E-state index is 0.341. The van der Waals surface area contributed by atoms with E-state index in [4.69, 9.17) is 0 Å². The minimum atomic E-state index is 0.341. The van der Waals surface area contributed by atoms with Crippen LogP contribution < -0.4 is 0 Å². The van der Waals surface area contributed by atoms with Crippen molar-refractivity contribution >= 4 is 0 Å². The fourth-order valence-corrected chi connectivity index (χ4v) is 5.22. The van der Waals surface area contributed by atoms with Crippen LogP contribution in [0.5, 0.6) is 0 Å². The number of rotatable bonds is 4. The highest BCUT2D eigenvalue weighted by Crippen LogP contribution is 2.28. The summed E-state index contributed by atoms with van der Waals surface area (Å²) < 4.78 is 0. The van der Waals surface area contributed by atoms with Gasteiger partial charge in [-0.1, -0.05) is 0 Å². The summed E-state index contributed by atoms with van der Waals surface area (Å²) in [6.07, 6.45) is 2.77. The van der Waals surface area contributed by atoms with Crippen molar-refractivity contribution in [2.24, 2.45) is 11.8 Å². The lowest BCUT2D eigenvalue weighted by Crippen LogP contribution is -2.61. The van der Waals surface area contributed by atoms with Gasteiger partial charge in [0.25, 0.3) is 0 Å². The third kappa shape index (κ3) is 5.68. The Bertz CT molecular complexity index is 464. The molecule has 0 aromatic rings. The SMILES string of the molecule is CC1CN(CC2CN(C(C)(C)C)C2)CCN1CC1CCN(C(C)(C)C)CC1. The molecule has 3 rings (SSSR count). The second-order valence-electron chi connectivity index (χ2n) is 11.6. The zero-order chi connectivity index (χ0) is 19.8. The third-order valence-corrected chi connectivity index (χ3v) is 7.33. The van der Waals surface area contributed by atoms with Crippen LogP contribution in [0.1, 0.15) is 61.3 Å². The molecule has 0 spiro atoms. The van der Waals surface area contributed by atoms with E-state index < -0.39 is 0 Å². The van der Waals surface area contributed by atoms with Gasteiger partial charge in [-0.15, -0.1) is 0 Å². The van der Waals surface area contributed by atoms with E-state index in [1.165, 1.54) is 71.7 Å². The largest absolute Gasteiger partial charge is 0.300 e. The fraction of sp³-hybridized carbons (Fsp3) is 1.00. The average Bonchev–Trinajstić information content (AvgIpc) is 2.51. The molecule has 3 heterocycles. The molecule has 3 aliphatic rings. The Morgan fingerprint density at radius 1 is 0.667 bits per heavy atom. The van der Waals surface area contributed by atoms with Crippen LogP contribution in [0.15, 0.2) is 0 Å². The smallest absolute Gasteiger partial charge is 0.0195 e. The maximum absolute atomic E-state index is 2.79. The first-order chi connectivity index (χ1) is 12.5. The van der Waals surface area contributed by atoms with Crippen LogP contribution >= 0.6 is 0 Å². The zero-order valence-electron chi connectivity index (χ0n) is 19.3. The van der Waals surface area contributed by atoms with Gasteiger partial charge >= 0.3 is 0 Å². The summed E-state index contributed by atoms with van der Waals surface area (Å²) in [6, 6.07) is 0.721. The van der Waals surface area contributed by atoms with Crippen LogP contribution in [0.4, 0.5) is 0 Å². The van der Waals surface area contributed by atoms with Crippen LogP contribution in [0, 0.1) is 11.8 Å². The second-order valence-corrected chi connectivity index (χ2v) is 11.6. The molecular formula is C23H46N4. The lowest BCUT2D eigenvalue weighted by molar-refractivity contribution is -0.0180. The van der Waals surface area contributed by atoms with E-state index in [2.05, 4.69) is 68.1 Å². The summed E-state index contributed by atoms with van der Waals surface area (Å²) in [5.41, 5.74) is 0.693. The van der Waals surface area contributed by atoms with Gasteiger partial charge in [-0.05, 0) is 86.2 Å². The quantitative estimate of drug-likeness (QED) is 0.744. The van der Waals surface area contributed by atoms with Crippen molar-refractivity contribution in [2.45, 2.75) is 78.4 Å². The molecule has 0 aromatic heterocycles. The minimum Gasteiger partial charge on any atom is -0.300 e. The molecule has 0 amide bonds. The molecule has 1 atom stereocenters. The lowest BCUT2D eigenvalue weighted by Gasteiger charge is -2.50. The van der Waals surface area contributed by atoms with E-state index in [0.717, 1.165) is 17.9 Å². The average molecular weight is 379 g/mol. The maximum atomic E-state index is 2.79. The summed E-state index contributed by atoms with van der Waals surface area (Å²) in [7, 11) is 0. The molecule has 4 nitrogen and oxygen atoms in total. The Morgan fingerprint density at radius 2 is 1.26 bits per heavy atom. The number of piperazine rings is 1. The standard InChI is InChI=1S/C23H46N4/c1-19-14-24(15-21-17-27(18-21)23(5,6)7)12-13-25(19)16-20-8-10-26(11-9-20)22(2,3)4/h19-21H,8-18H2,1-7H3. The van der Waals surface area contributed by atoms with Crippen molar-refractivity contribution in [1.82, 2.24) is 19.6 Å². The van der Waals surface area contributed by atoms with Gasteiger partial charge in [0.2, 0.25) is 0 Å². The number of hydrogen-bond acceptors (Lipinski definition) is 4. The molecule has 0 aromatic carbocycles. The van der Waals surface area contributed by atoms with Gasteiger partial charge in [-0.25, -0.2) is 0 Å². The zero-order valence-corrected chi connectivity index (χ0v) is 19.3. The third-order valence-electron chi connectivity index (χ3n) is 7.33. The van der Waals surface area contributed by atoms with Crippen molar-refractivity contribution < 1.29 is 0 Å². The van der Waals surface area contributed by atoms with E-state index >= 15 is 0 Å². The van der Waals surface area contributed by atoms with Crippen LogP contribution in [0.3, 0.4) is 0 Å². The topological polar surface area (TPSA) is 13.0 Å². The molecule has 3 aliphatic heterocycles. The summed E-state index contributed by atoms with van der Waals surface area (Å²) in [5.74, 6) is 1.80. The van der Waals surface area contributed by atoms with Crippen molar-refractivity contribution in [3.8, 4) is 0 Å². The number of piperidine rings is 1. The molecule has 3 fully saturated rings. The van der Waals surface area contributed by atoms with Gasteiger partial charge in [-0.2, -0.15) is 0 Å². The Kier molecular flexibility index (Phi) is 6.62. The Balaban J connectivity index is 1.36. The number of nitrogens with zero attached hydrogens (tertiary/aromatic N) is 4. The highest BCUT2D eigenvalue weighted by atomic mass is 15.3. The van der Waals surface area contributed by atoms with Gasteiger partial charge < -0.3 is 4.90 Å². The highest BCUT2D eigenvalue weighted by Gasteiger charge is 2.36. The van der Waals surface area contributed by atoms with Crippen molar-refractivity contribution in [3.05, 3.63) is 0 Å². The first-order valence-corrected chi connectivity index (χ1v) is 11.5. The first kappa shape index (κ1) is 21.5. The second kappa shape index (κ2) is 8.30. The van der Waals surface area contributed by atoms with Gasteiger partial charge in [0.1, 0.15) is 0 Å². The van der Waals surface area contributed by atoms with Gasteiger partial charge in [0, 0.05) is 62.9 Å². The molecular weight excluding hydrogens is 332 g/mol. The molecule has 0 N–H and O–H groups in total. The molecule has 0 radical (unpaired) electrons. The monoisotopic (exact) mass is 378 g/mol. The van der Waals surface area contributed by atoms with Crippen molar-refractivity contribution in [1.29, 1.82) is 0 Å². The van der Waals surface area contributed by atoms with Gasteiger partial charge in [0.15, 0.2) is 0 Å². The first-order valence-electron chi connectivity index (χ1n) is 11.5. The maximum Gasteiger partial charge on any atom is 0.0195 e. The summed E-state index contributed by atoms with van der Waals surface area (Å²) in [6.45, 7) is 28.2. The molecule has 158 valence electrons. The van der Waals surface area contributed by atoms with Gasteiger partial charge in [0.05, 0.1) is 0 Å². The van der Waals surface area contributed by atoms with Crippen molar-refractivity contribution in [2.75, 3.05) is 58.9 Å². The predicted molar refractivity (Wildman–Crippen MR) is 116 cm³/mol. The Hall–Kier alpha value is -0.160. The number of likely N-dealkylation sites (tertiary alicyclic amines) is 2. The number of hydrogen-bond donors (Lipinski definition) is 0. The van der Waals surface area contributed by atoms with Crippen LogP contribution in [0.2, 0.25) is 0 Å². The summed E-state index contributed by atoms with van der Waals surface area (Å²) in [4.78, 5) is 10.8. The van der Waals surface area contributed by atoms with Crippen LogP contribution in [-0.2, 0) is 0 Å². The Labute approximate surface area is 169 Å². The molecule has 0 aliphatic carbocycles. The molecule has 0 bridgehead atoms. The van der Waals surface area contributed by atoms with E-state index in [1.54, 1.807) is 0 Å². The normalized spacial score (nSPS) is 29.2. The lowest BCUT2D eigenvalue weighted by atomic mass is 9.91. The van der Waals surface area contributed by atoms with Crippen LogP contribution in [-0.4, -0.2) is 95.6 Å². The Morgan fingerprint density at radius 3 is 1.78 bits per heavy atom. The summed E-state index contributed by atoms with van der Waals surface area (Å²) in [5, 5.41) is 0. The van der Waals surface area contributed by atoms with Crippen LogP contribution in [0.25, 0.3) is 0 Å². The van der Waals surface area contributed by atoms with Crippen molar-refractivity contribution in [3.63, 3.8) is 0 Å². The molecule has 4 heteroatoms. The summed E-state index contributed by atoms with van der Waals surface area (Å²) >= 11 is 0. The van der Waals surface area contributed by atoms with E-state index in [1.807, 2.05) is 0 Å². The van der Waals surface area contributed by atoms with Gasteiger partial charge in [-0.3, -0.25) is 14.7 Å². The van der Waals surface area contributed by atoms with E-state index in [-0.39, 0.29) is 0 Å². The molecule has 3 saturated heterocycles. The molecule has 1 unspecified atom stereocenters. The van der Waals surface area contributed by atoms with E-state index in [0.29, 0.717) is 11.1 Å².